The lowest BCUT2D eigenvalue weighted by atomic mass is 10.1. The van der Waals surface area contributed by atoms with Crippen molar-refractivity contribution in [1.29, 1.82) is 5.26 Å². The maximum absolute atomic E-state index is 10.8. The first-order valence-electron chi connectivity index (χ1n) is 6.71. The molecule has 0 saturated heterocycles. The third-order valence-electron chi connectivity index (χ3n) is 3.40. The van der Waals surface area contributed by atoms with Gasteiger partial charge in [-0.25, -0.2) is 4.98 Å². The van der Waals surface area contributed by atoms with Gasteiger partial charge in [0.15, 0.2) is 0 Å². The van der Waals surface area contributed by atoms with E-state index in [9.17, 15) is 10.1 Å². The number of pyridine rings is 1. The van der Waals surface area contributed by atoms with Crippen molar-refractivity contribution in [1.82, 2.24) is 4.98 Å². The summed E-state index contributed by atoms with van der Waals surface area (Å²) in [5.41, 5.74) is 0.659. The van der Waals surface area contributed by atoms with E-state index >= 15 is 0 Å². The third kappa shape index (κ3) is 2.67. The lowest BCUT2D eigenvalue weighted by Gasteiger charge is -2.12. The fourth-order valence-corrected chi connectivity index (χ4v) is 2.37. The van der Waals surface area contributed by atoms with Crippen LogP contribution >= 0.6 is 0 Å². The number of para-hydroxylation sites is 1. The molecule has 1 aromatic carbocycles. The molecule has 0 radical (unpaired) electrons. The van der Waals surface area contributed by atoms with Crippen LogP contribution in [0.15, 0.2) is 36.4 Å². The zero-order valence-electron chi connectivity index (χ0n) is 11.5. The molecular formula is C15H12N4O3. The molecule has 0 amide bonds. The Kier molecular flexibility index (Phi) is 3.58. The van der Waals surface area contributed by atoms with Crippen LogP contribution in [-0.2, 0) is 6.42 Å². The number of nitrogens with one attached hydrogen (secondary N) is 1. The molecule has 0 bridgehead atoms. The van der Waals surface area contributed by atoms with E-state index in [0.29, 0.717) is 12.4 Å². The number of hydrogen-bond acceptors (Lipinski definition) is 6. The Balaban J connectivity index is 1.66. The molecule has 0 fully saturated rings. The van der Waals surface area contributed by atoms with Crippen LogP contribution in [0.5, 0.6) is 5.75 Å². The molecule has 1 atom stereocenters. The molecule has 7 nitrogen and oxygen atoms in total. The molecular weight excluding hydrogens is 284 g/mol. The fraction of sp³-hybridized carbons (Fsp3) is 0.200. The van der Waals surface area contributed by atoms with Crippen LogP contribution in [0.1, 0.15) is 11.3 Å². The Morgan fingerprint density at radius 2 is 2.23 bits per heavy atom. The summed E-state index contributed by atoms with van der Waals surface area (Å²) in [5.74, 6) is 1.30. The molecule has 1 unspecified atom stereocenters. The van der Waals surface area contributed by atoms with Crippen LogP contribution < -0.4 is 10.1 Å². The smallest absolute Gasteiger partial charge is 0.305 e. The number of fused-ring (bicyclic) bond motifs is 1. The molecule has 0 saturated carbocycles. The molecule has 1 aromatic heterocycles. The van der Waals surface area contributed by atoms with Gasteiger partial charge < -0.3 is 10.1 Å². The van der Waals surface area contributed by atoms with E-state index in [0.717, 1.165) is 17.7 Å². The normalized spacial score (nSPS) is 15.5. The first-order valence-corrected chi connectivity index (χ1v) is 6.71. The maximum atomic E-state index is 10.8. The zero-order valence-corrected chi connectivity index (χ0v) is 11.5. The number of aromatic nitrogens is 1. The van der Waals surface area contributed by atoms with E-state index in [1.165, 1.54) is 12.1 Å². The van der Waals surface area contributed by atoms with Gasteiger partial charge in [0.1, 0.15) is 23.7 Å². The summed E-state index contributed by atoms with van der Waals surface area (Å²) in [6.07, 6.45) is 0.765. The van der Waals surface area contributed by atoms with Crippen molar-refractivity contribution in [2.45, 2.75) is 12.5 Å². The van der Waals surface area contributed by atoms with Gasteiger partial charge in [0.25, 0.3) is 0 Å². The molecule has 110 valence electrons. The molecule has 2 heterocycles. The van der Waals surface area contributed by atoms with Gasteiger partial charge in [0, 0.05) is 12.5 Å². The number of nitro groups is 1. The molecule has 1 aliphatic heterocycles. The van der Waals surface area contributed by atoms with E-state index in [1.54, 1.807) is 6.07 Å². The largest absolute Gasteiger partial charge is 0.488 e. The summed E-state index contributed by atoms with van der Waals surface area (Å²) < 4.78 is 5.78. The molecule has 1 aliphatic rings. The van der Waals surface area contributed by atoms with Crippen molar-refractivity contribution < 1.29 is 9.66 Å². The number of rotatable bonds is 4. The van der Waals surface area contributed by atoms with Crippen LogP contribution in [0.3, 0.4) is 0 Å². The minimum atomic E-state index is -0.619. The first kappa shape index (κ1) is 13.8. The standard InChI is InChI=1S/C15H12N4O3/c16-8-12-13(19(20)21)5-6-15(18-12)17-9-11-7-10-3-1-2-4-14(10)22-11/h1-6,11H,7,9H2,(H,17,18). The van der Waals surface area contributed by atoms with Crippen LogP contribution in [0.2, 0.25) is 0 Å². The summed E-state index contributed by atoms with van der Waals surface area (Å²) in [6.45, 7) is 0.504. The zero-order chi connectivity index (χ0) is 15.5. The van der Waals surface area contributed by atoms with Crippen LogP contribution in [0.4, 0.5) is 11.5 Å². The first-order chi connectivity index (χ1) is 10.7. The number of anilines is 1. The molecule has 22 heavy (non-hydrogen) atoms. The number of benzene rings is 1. The summed E-state index contributed by atoms with van der Waals surface area (Å²) in [4.78, 5) is 14.1. The highest BCUT2D eigenvalue weighted by molar-refractivity contribution is 5.50. The molecule has 0 spiro atoms. The Morgan fingerprint density at radius 3 is 2.95 bits per heavy atom. The van der Waals surface area contributed by atoms with Gasteiger partial charge in [0.05, 0.1) is 11.5 Å². The predicted octanol–water partition coefficient (Wildman–Crippen LogP) is 2.28. The van der Waals surface area contributed by atoms with E-state index < -0.39 is 4.92 Å². The molecule has 3 rings (SSSR count). The van der Waals surface area contributed by atoms with Gasteiger partial charge in [-0.1, -0.05) is 18.2 Å². The Labute approximate surface area is 126 Å². The minimum Gasteiger partial charge on any atom is -0.488 e. The molecule has 0 aliphatic carbocycles. The SMILES string of the molecule is N#Cc1nc(NCC2Cc3ccccc3O2)ccc1[N+](=O)[O-]. The monoisotopic (exact) mass is 296 g/mol. The topological polar surface area (TPSA) is 101 Å². The molecule has 7 heteroatoms. The van der Waals surface area contributed by atoms with Crippen molar-refractivity contribution >= 4 is 11.5 Å². The van der Waals surface area contributed by atoms with E-state index in [4.69, 9.17) is 10.00 Å². The number of hydrogen-bond donors (Lipinski definition) is 1. The number of nitrogens with zero attached hydrogens (tertiary/aromatic N) is 3. The highest BCUT2D eigenvalue weighted by Gasteiger charge is 2.22. The lowest BCUT2D eigenvalue weighted by molar-refractivity contribution is -0.385. The second-order valence-electron chi connectivity index (χ2n) is 4.87. The Bertz CT molecular complexity index is 745. The number of ether oxygens (including phenoxy) is 1. The summed E-state index contributed by atoms with van der Waals surface area (Å²) in [7, 11) is 0. The van der Waals surface area contributed by atoms with Gasteiger partial charge in [0.2, 0.25) is 5.69 Å². The molecule has 1 N–H and O–H groups in total. The van der Waals surface area contributed by atoms with E-state index in [2.05, 4.69) is 10.3 Å². The summed E-state index contributed by atoms with van der Waals surface area (Å²) in [6, 6.07) is 12.3. The van der Waals surface area contributed by atoms with E-state index in [-0.39, 0.29) is 17.5 Å². The summed E-state index contributed by atoms with van der Waals surface area (Å²) >= 11 is 0. The lowest BCUT2D eigenvalue weighted by Crippen LogP contribution is -2.24. The highest BCUT2D eigenvalue weighted by atomic mass is 16.6. The van der Waals surface area contributed by atoms with Crippen molar-refractivity contribution in [2.24, 2.45) is 0 Å². The fourth-order valence-electron chi connectivity index (χ4n) is 2.37. The van der Waals surface area contributed by atoms with Crippen molar-refractivity contribution in [2.75, 3.05) is 11.9 Å². The Hall–Kier alpha value is -3.14. The van der Waals surface area contributed by atoms with E-state index in [1.807, 2.05) is 24.3 Å². The average Bonchev–Trinajstić information content (AvgIpc) is 2.95. The maximum Gasteiger partial charge on any atom is 0.305 e. The number of nitriles is 1. The third-order valence-corrected chi connectivity index (χ3v) is 3.40. The van der Waals surface area contributed by atoms with Gasteiger partial charge in [-0.3, -0.25) is 10.1 Å². The molecule has 2 aromatic rings. The quantitative estimate of drug-likeness (QED) is 0.686. The second-order valence-corrected chi connectivity index (χ2v) is 4.87. The predicted molar refractivity (Wildman–Crippen MR) is 78.7 cm³/mol. The van der Waals surface area contributed by atoms with Crippen LogP contribution in [-0.4, -0.2) is 22.6 Å². The van der Waals surface area contributed by atoms with Crippen LogP contribution in [0.25, 0.3) is 0 Å². The minimum absolute atomic E-state index is 0.0278. The Morgan fingerprint density at radius 1 is 1.41 bits per heavy atom. The van der Waals surface area contributed by atoms with Crippen molar-refractivity contribution in [3.05, 3.63) is 57.8 Å². The highest BCUT2D eigenvalue weighted by Crippen LogP contribution is 2.28. The van der Waals surface area contributed by atoms with Gasteiger partial charge in [-0.15, -0.1) is 0 Å². The van der Waals surface area contributed by atoms with Crippen LogP contribution in [0, 0.1) is 21.4 Å². The van der Waals surface area contributed by atoms with Crippen molar-refractivity contribution in [3.63, 3.8) is 0 Å². The second kappa shape index (κ2) is 5.69. The van der Waals surface area contributed by atoms with Gasteiger partial charge in [-0.05, 0) is 17.7 Å². The van der Waals surface area contributed by atoms with Gasteiger partial charge >= 0.3 is 5.69 Å². The van der Waals surface area contributed by atoms with Crippen molar-refractivity contribution in [3.8, 4) is 11.8 Å². The average molecular weight is 296 g/mol. The summed E-state index contributed by atoms with van der Waals surface area (Å²) in [5, 5.41) is 22.7. The van der Waals surface area contributed by atoms with Gasteiger partial charge in [-0.2, -0.15) is 5.26 Å².